The van der Waals surface area contributed by atoms with Crippen LogP contribution in [0.25, 0.3) is 0 Å². The Morgan fingerprint density at radius 1 is 1.47 bits per heavy atom. The summed E-state index contributed by atoms with van der Waals surface area (Å²) >= 11 is 0. The normalized spacial score (nSPS) is 44.2. The van der Waals surface area contributed by atoms with E-state index >= 15 is 0 Å². The van der Waals surface area contributed by atoms with E-state index in [0.29, 0.717) is 0 Å². The lowest BCUT2D eigenvalue weighted by atomic mass is 9.76. The fourth-order valence-electron chi connectivity index (χ4n) is 2.37. The standard InChI is InChI=1S/C10H15NO4/c1-4(2)7-10(9(14)15-7)6(12)5(3)8(13)11-10/h4-7,12H,1-3H3,(H,11,13). The van der Waals surface area contributed by atoms with Gasteiger partial charge in [-0.25, -0.2) is 4.79 Å². The number of nitrogens with one attached hydrogen (secondary N) is 1. The van der Waals surface area contributed by atoms with Crippen LogP contribution in [0.2, 0.25) is 0 Å². The molecule has 4 atom stereocenters. The van der Waals surface area contributed by atoms with Crippen LogP contribution < -0.4 is 5.32 Å². The van der Waals surface area contributed by atoms with E-state index < -0.39 is 29.6 Å². The molecular formula is C10H15NO4. The number of carbonyl (C=O) groups is 2. The Labute approximate surface area is 87.8 Å². The number of rotatable bonds is 1. The molecule has 84 valence electrons. The molecule has 0 aromatic heterocycles. The fraction of sp³-hybridized carbons (Fsp3) is 0.800. The molecule has 2 rings (SSSR count). The van der Waals surface area contributed by atoms with Crippen molar-refractivity contribution >= 4 is 11.9 Å². The van der Waals surface area contributed by atoms with Gasteiger partial charge in [0.15, 0.2) is 0 Å². The summed E-state index contributed by atoms with van der Waals surface area (Å²) in [4.78, 5) is 22.9. The molecule has 15 heavy (non-hydrogen) atoms. The van der Waals surface area contributed by atoms with E-state index in [9.17, 15) is 14.7 Å². The van der Waals surface area contributed by atoms with Crippen molar-refractivity contribution in [1.82, 2.24) is 5.32 Å². The Kier molecular flexibility index (Phi) is 2.05. The molecule has 0 radical (unpaired) electrons. The minimum atomic E-state index is -1.19. The van der Waals surface area contributed by atoms with E-state index in [4.69, 9.17) is 4.74 Å². The SMILES string of the molecule is CC(C)C1OC(=O)C12NC(=O)C(C)C2O. The summed E-state index contributed by atoms with van der Waals surface area (Å²) in [5.41, 5.74) is -1.19. The molecule has 1 amide bonds. The molecule has 2 N–H and O–H groups in total. The molecule has 2 saturated heterocycles. The molecular weight excluding hydrogens is 198 g/mol. The Balaban J connectivity index is 2.33. The largest absolute Gasteiger partial charge is 0.457 e. The number of cyclic esters (lactones) is 1. The third-order valence-electron chi connectivity index (χ3n) is 3.31. The topological polar surface area (TPSA) is 75.6 Å². The van der Waals surface area contributed by atoms with Gasteiger partial charge in [0, 0.05) is 0 Å². The van der Waals surface area contributed by atoms with Gasteiger partial charge < -0.3 is 15.2 Å². The third-order valence-corrected chi connectivity index (χ3v) is 3.31. The molecule has 0 saturated carbocycles. The van der Waals surface area contributed by atoms with Crippen LogP contribution in [-0.2, 0) is 14.3 Å². The number of hydrogen-bond acceptors (Lipinski definition) is 4. The van der Waals surface area contributed by atoms with Gasteiger partial charge in [0.1, 0.15) is 12.2 Å². The Morgan fingerprint density at radius 2 is 2.07 bits per heavy atom. The van der Waals surface area contributed by atoms with Crippen LogP contribution in [0.3, 0.4) is 0 Å². The maximum absolute atomic E-state index is 11.5. The molecule has 1 spiro atoms. The van der Waals surface area contributed by atoms with E-state index in [1.807, 2.05) is 13.8 Å². The maximum atomic E-state index is 11.5. The van der Waals surface area contributed by atoms with Crippen molar-refractivity contribution in [1.29, 1.82) is 0 Å². The minimum absolute atomic E-state index is 0.0722. The second-order valence-electron chi connectivity index (χ2n) is 4.66. The summed E-state index contributed by atoms with van der Waals surface area (Å²) < 4.78 is 4.99. The number of aliphatic hydroxyl groups is 1. The van der Waals surface area contributed by atoms with Gasteiger partial charge in [-0.1, -0.05) is 20.8 Å². The first kappa shape index (κ1) is 10.4. The summed E-state index contributed by atoms with van der Waals surface area (Å²) in [5.74, 6) is -1.29. The minimum Gasteiger partial charge on any atom is -0.457 e. The van der Waals surface area contributed by atoms with E-state index in [0.717, 1.165) is 0 Å². The van der Waals surface area contributed by atoms with Gasteiger partial charge in [-0.05, 0) is 5.92 Å². The lowest BCUT2D eigenvalue weighted by molar-refractivity contribution is -0.210. The molecule has 4 unspecified atom stereocenters. The van der Waals surface area contributed by atoms with Crippen LogP contribution in [0.4, 0.5) is 0 Å². The van der Waals surface area contributed by atoms with Gasteiger partial charge in [-0.2, -0.15) is 0 Å². The molecule has 5 heteroatoms. The Bertz CT molecular complexity index is 327. The molecule has 2 aliphatic heterocycles. The van der Waals surface area contributed by atoms with Crippen molar-refractivity contribution in [3.05, 3.63) is 0 Å². The van der Waals surface area contributed by atoms with Gasteiger partial charge in [0.05, 0.1) is 5.92 Å². The Morgan fingerprint density at radius 3 is 2.40 bits per heavy atom. The van der Waals surface area contributed by atoms with Crippen molar-refractivity contribution in [3.8, 4) is 0 Å². The zero-order valence-corrected chi connectivity index (χ0v) is 8.98. The molecule has 0 aromatic rings. The van der Waals surface area contributed by atoms with Gasteiger partial charge in [-0.3, -0.25) is 4.79 Å². The first-order valence-corrected chi connectivity index (χ1v) is 5.12. The zero-order valence-electron chi connectivity index (χ0n) is 8.98. The summed E-state index contributed by atoms with van der Waals surface area (Å²) in [6, 6.07) is 0. The number of aliphatic hydroxyl groups excluding tert-OH is 1. The fourth-order valence-corrected chi connectivity index (χ4v) is 2.37. The smallest absolute Gasteiger partial charge is 0.338 e. The average Bonchev–Trinajstić information content (AvgIpc) is 2.40. The highest BCUT2D eigenvalue weighted by Crippen LogP contribution is 2.41. The zero-order chi connectivity index (χ0) is 11.4. The van der Waals surface area contributed by atoms with Crippen LogP contribution in [0.1, 0.15) is 20.8 Å². The lowest BCUT2D eigenvalue weighted by Gasteiger charge is -2.47. The van der Waals surface area contributed by atoms with Gasteiger partial charge in [-0.15, -0.1) is 0 Å². The molecule has 2 aliphatic rings. The maximum Gasteiger partial charge on any atom is 0.338 e. The van der Waals surface area contributed by atoms with Crippen molar-refractivity contribution in [2.45, 2.75) is 38.5 Å². The first-order valence-electron chi connectivity index (χ1n) is 5.12. The number of ether oxygens (including phenoxy) is 1. The number of carbonyl (C=O) groups excluding carboxylic acids is 2. The van der Waals surface area contributed by atoms with E-state index in [1.54, 1.807) is 6.92 Å². The molecule has 2 fully saturated rings. The quantitative estimate of drug-likeness (QED) is 0.572. The van der Waals surface area contributed by atoms with Crippen molar-refractivity contribution in [3.63, 3.8) is 0 Å². The summed E-state index contributed by atoms with van der Waals surface area (Å²) in [6.07, 6.45) is -1.41. The van der Waals surface area contributed by atoms with Crippen LogP contribution in [-0.4, -0.2) is 34.7 Å². The van der Waals surface area contributed by atoms with E-state index in [2.05, 4.69) is 5.32 Å². The summed E-state index contributed by atoms with van der Waals surface area (Å²) in [6.45, 7) is 5.39. The van der Waals surface area contributed by atoms with Crippen LogP contribution in [0, 0.1) is 11.8 Å². The number of esters is 1. The predicted octanol–water partition coefficient (Wildman–Crippen LogP) is -0.567. The molecule has 0 aromatic carbocycles. The second kappa shape index (κ2) is 2.95. The monoisotopic (exact) mass is 213 g/mol. The number of amides is 1. The second-order valence-corrected chi connectivity index (χ2v) is 4.66. The highest BCUT2D eigenvalue weighted by Gasteiger charge is 2.69. The van der Waals surface area contributed by atoms with Gasteiger partial charge in [0.25, 0.3) is 0 Å². The molecule has 0 bridgehead atoms. The van der Waals surface area contributed by atoms with E-state index in [-0.39, 0.29) is 11.8 Å². The van der Waals surface area contributed by atoms with Crippen LogP contribution in [0.15, 0.2) is 0 Å². The first-order chi connectivity index (χ1) is 6.91. The molecule has 5 nitrogen and oxygen atoms in total. The number of hydrogen-bond donors (Lipinski definition) is 2. The predicted molar refractivity (Wildman–Crippen MR) is 50.8 cm³/mol. The summed E-state index contributed by atoms with van der Waals surface area (Å²) in [7, 11) is 0. The molecule has 0 aliphatic carbocycles. The average molecular weight is 213 g/mol. The van der Waals surface area contributed by atoms with Crippen molar-refractivity contribution < 1.29 is 19.4 Å². The van der Waals surface area contributed by atoms with Crippen LogP contribution in [0.5, 0.6) is 0 Å². The van der Waals surface area contributed by atoms with Crippen molar-refractivity contribution in [2.24, 2.45) is 11.8 Å². The Hall–Kier alpha value is -1.10. The summed E-state index contributed by atoms with van der Waals surface area (Å²) in [5, 5.41) is 12.5. The highest BCUT2D eigenvalue weighted by molar-refractivity contribution is 5.98. The van der Waals surface area contributed by atoms with Gasteiger partial charge >= 0.3 is 5.97 Å². The lowest BCUT2D eigenvalue weighted by Crippen LogP contribution is -2.74. The van der Waals surface area contributed by atoms with Crippen molar-refractivity contribution in [2.75, 3.05) is 0 Å². The van der Waals surface area contributed by atoms with Gasteiger partial charge in [0.2, 0.25) is 11.4 Å². The van der Waals surface area contributed by atoms with Crippen LogP contribution >= 0.6 is 0 Å². The molecule has 2 heterocycles. The van der Waals surface area contributed by atoms with E-state index in [1.165, 1.54) is 0 Å². The highest BCUT2D eigenvalue weighted by atomic mass is 16.6. The third kappa shape index (κ3) is 1.07.